The normalized spacial score (nSPS) is 12.3. The van der Waals surface area contributed by atoms with E-state index in [1.165, 1.54) is 35.5 Å². The number of aryl methyl sites for hydroxylation is 1. The number of thioether (sulfide) groups is 1. The van der Waals surface area contributed by atoms with Gasteiger partial charge in [-0.05, 0) is 59.0 Å². The van der Waals surface area contributed by atoms with E-state index < -0.39 is 0 Å². The van der Waals surface area contributed by atoms with Crippen LogP contribution in [-0.4, -0.2) is 9.97 Å². The highest BCUT2D eigenvalue weighted by atomic mass is 32.2. The van der Waals surface area contributed by atoms with Crippen molar-refractivity contribution in [3.63, 3.8) is 0 Å². The van der Waals surface area contributed by atoms with Crippen LogP contribution in [0, 0.1) is 6.92 Å². The molecule has 5 aromatic rings. The van der Waals surface area contributed by atoms with E-state index in [9.17, 15) is 0 Å². The summed E-state index contributed by atoms with van der Waals surface area (Å²) in [5.41, 5.74) is 3.50. The van der Waals surface area contributed by atoms with Crippen molar-refractivity contribution in [2.24, 2.45) is 0 Å². The summed E-state index contributed by atoms with van der Waals surface area (Å²) < 4.78 is 2.61. The van der Waals surface area contributed by atoms with E-state index in [2.05, 4.69) is 75.7 Å². The molecule has 2 aromatic carbocycles. The number of thiophene rings is 2. The van der Waals surface area contributed by atoms with Crippen molar-refractivity contribution < 1.29 is 0 Å². The highest BCUT2D eigenvalue weighted by Crippen LogP contribution is 2.42. The Hall–Kier alpha value is -2.21. The molecule has 0 fully saturated rings. The van der Waals surface area contributed by atoms with E-state index in [1.54, 1.807) is 29.4 Å². The first-order valence-corrected chi connectivity index (χ1v) is 12.4. The Morgan fingerprint density at radius 3 is 2.60 bits per heavy atom. The van der Waals surface area contributed by atoms with Gasteiger partial charge in [-0.25, -0.2) is 9.97 Å². The summed E-state index contributed by atoms with van der Waals surface area (Å²) in [6, 6.07) is 13.6. The number of hydrogen-bond acceptors (Lipinski definition) is 5. The molecule has 0 spiro atoms. The minimum Gasteiger partial charge on any atom is -0.236 e. The molecule has 3 heterocycles. The van der Waals surface area contributed by atoms with Gasteiger partial charge in [-0.2, -0.15) is 0 Å². The van der Waals surface area contributed by atoms with Crippen molar-refractivity contribution in [1.29, 1.82) is 0 Å². The van der Waals surface area contributed by atoms with Crippen molar-refractivity contribution in [3.8, 4) is 11.3 Å². The minimum atomic E-state index is 0.0323. The molecule has 5 rings (SSSR count). The minimum absolute atomic E-state index is 0.0323. The van der Waals surface area contributed by atoms with Gasteiger partial charge in [-0.3, -0.25) is 0 Å². The second kappa shape index (κ2) is 7.19. The number of fused-ring (bicyclic) bond motifs is 4. The van der Waals surface area contributed by atoms with Gasteiger partial charge in [0, 0.05) is 35.5 Å². The standard InChI is InChI=1S/C25H22N2S3/c1-6-28-19-8-7-15(11-18(19)25(3,4)5)23-22-17-10-16-9-14(2)29-20(16)12-21(17)30-24(22)27-13-26-23/h6-13H,1H2,2-5H3. The van der Waals surface area contributed by atoms with Crippen LogP contribution in [0.15, 0.2) is 59.6 Å². The molecule has 0 aliphatic heterocycles. The summed E-state index contributed by atoms with van der Waals surface area (Å²) >= 11 is 5.28. The fraction of sp³-hybridized carbons (Fsp3) is 0.200. The lowest BCUT2D eigenvalue weighted by molar-refractivity contribution is 0.578. The first-order chi connectivity index (χ1) is 14.3. The molecule has 0 bridgehead atoms. The van der Waals surface area contributed by atoms with E-state index in [-0.39, 0.29) is 5.41 Å². The van der Waals surface area contributed by atoms with Gasteiger partial charge in [-0.1, -0.05) is 45.2 Å². The van der Waals surface area contributed by atoms with Crippen LogP contribution in [0.2, 0.25) is 0 Å². The van der Waals surface area contributed by atoms with Gasteiger partial charge in [0.1, 0.15) is 11.2 Å². The molecule has 0 amide bonds. The summed E-state index contributed by atoms with van der Waals surface area (Å²) in [7, 11) is 0. The third-order valence-corrected chi connectivity index (χ3v) is 8.15. The number of aromatic nitrogens is 2. The van der Waals surface area contributed by atoms with Gasteiger partial charge in [0.15, 0.2) is 0 Å². The van der Waals surface area contributed by atoms with Crippen LogP contribution in [0.3, 0.4) is 0 Å². The van der Waals surface area contributed by atoms with Crippen LogP contribution in [-0.2, 0) is 5.41 Å². The van der Waals surface area contributed by atoms with Gasteiger partial charge < -0.3 is 0 Å². The third-order valence-electron chi connectivity index (χ3n) is 5.30. The zero-order valence-corrected chi connectivity index (χ0v) is 19.9. The van der Waals surface area contributed by atoms with Crippen LogP contribution in [0.4, 0.5) is 0 Å². The summed E-state index contributed by atoms with van der Waals surface area (Å²) in [5.74, 6) is 0. The smallest absolute Gasteiger partial charge is 0.128 e. The van der Waals surface area contributed by atoms with Crippen LogP contribution in [0.25, 0.3) is 41.6 Å². The Morgan fingerprint density at radius 2 is 1.83 bits per heavy atom. The van der Waals surface area contributed by atoms with Gasteiger partial charge >= 0.3 is 0 Å². The molecule has 0 saturated heterocycles. The molecule has 30 heavy (non-hydrogen) atoms. The Labute approximate surface area is 188 Å². The SMILES string of the molecule is C=CSc1ccc(-c2ncnc3sc4cc5sc(C)cc5cc4c23)cc1C(C)(C)C. The monoisotopic (exact) mass is 446 g/mol. The average Bonchev–Trinajstić information content (AvgIpc) is 3.23. The topological polar surface area (TPSA) is 25.8 Å². The molecule has 150 valence electrons. The summed E-state index contributed by atoms with van der Waals surface area (Å²) in [5, 5.41) is 5.60. The van der Waals surface area contributed by atoms with Gasteiger partial charge in [-0.15, -0.1) is 22.7 Å². The Morgan fingerprint density at radius 1 is 1.00 bits per heavy atom. The molecule has 2 nitrogen and oxygen atoms in total. The lowest BCUT2D eigenvalue weighted by Crippen LogP contribution is -2.12. The molecule has 0 aliphatic rings. The average molecular weight is 447 g/mol. The fourth-order valence-corrected chi connectivity index (χ4v) is 6.85. The van der Waals surface area contributed by atoms with Crippen molar-refractivity contribution >= 4 is 64.8 Å². The molecule has 3 aromatic heterocycles. The van der Waals surface area contributed by atoms with Crippen LogP contribution in [0.5, 0.6) is 0 Å². The molecule has 0 aliphatic carbocycles. The number of hydrogen-bond donors (Lipinski definition) is 0. The van der Waals surface area contributed by atoms with Gasteiger partial charge in [0.2, 0.25) is 0 Å². The van der Waals surface area contributed by atoms with Gasteiger partial charge in [0.05, 0.1) is 5.69 Å². The largest absolute Gasteiger partial charge is 0.236 e. The maximum atomic E-state index is 4.75. The predicted octanol–water partition coefficient (Wildman–Crippen LogP) is 8.57. The highest BCUT2D eigenvalue weighted by Gasteiger charge is 2.21. The van der Waals surface area contributed by atoms with E-state index in [0.29, 0.717) is 0 Å². The second-order valence-electron chi connectivity index (χ2n) is 8.49. The van der Waals surface area contributed by atoms with Crippen molar-refractivity contribution in [1.82, 2.24) is 9.97 Å². The predicted molar refractivity (Wildman–Crippen MR) is 135 cm³/mol. The Kier molecular flexibility index (Phi) is 4.73. The quantitative estimate of drug-likeness (QED) is 0.260. The molecular formula is C25H22N2S3. The maximum Gasteiger partial charge on any atom is 0.128 e. The molecule has 5 heteroatoms. The Balaban J connectivity index is 1.80. The van der Waals surface area contributed by atoms with Crippen molar-refractivity contribution in [2.75, 3.05) is 0 Å². The number of nitrogens with zero attached hydrogens (tertiary/aromatic N) is 2. The lowest BCUT2D eigenvalue weighted by atomic mass is 9.85. The molecule has 0 N–H and O–H groups in total. The molecule has 0 saturated carbocycles. The highest BCUT2D eigenvalue weighted by molar-refractivity contribution is 8.02. The summed E-state index contributed by atoms with van der Waals surface area (Å²) in [6.07, 6.45) is 1.70. The second-order valence-corrected chi connectivity index (χ2v) is 11.8. The summed E-state index contributed by atoms with van der Waals surface area (Å²) in [4.78, 5) is 13.0. The fourth-order valence-electron chi connectivity index (χ4n) is 3.95. The Bertz CT molecular complexity index is 1430. The molecule has 0 atom stereocenters. The van der Waals surface area contributed by atoms with Crippen molar-refractivity contribution in [3.05, 3.63) is 65.2 Å². The van der Waals surface area contributed by atoms with Crippen LogP contribution in [0.1, 0.15) is 31.2 Å². The summed E-state index contributed by atoms with van der Waals surface area (Å²) in [6.45, 7) is 12.8. The first kappa shape index (κ1) is 19.7. The lowest BCUT2D eigenvalue weighted by Gasteiger charge is -2.23. The number of benzene rings is 2. The molecule has 0 unspecified atom stereocenters. The third kappa shape index (κ3) is 3.25. The molecule has 0 radical (unpaired) electrons. The zero-order chi connectivity index (χ0) is 21.0. The number of rotatable bonds is 3. The van der Waals surface area contributed by atoms with Gasteiger partial charge in [0.25, 0.3) is 0 Å². The first-order valence-electron chi connectivity index (χ1n) is 9.85. The van der Waals surface area contributed by atoms with E-state index >= 15 is 0 Å². The zero-order valence-electron chi connectivity index (χ0n) is 17.4. The van der Waals surface area contributed by atoms with E-state index in [0.717, 1.165) is 21.5 Å². The van der Waals surface area contributed by atoms with Crippen LogP contribution < -0.4 is 0 Å². The van der Waals surface area contributed by atoms with Crippen LogP contribution >= 0.6 is 34.4 Å². The van der Waals surface area contributed by atoms with E-state index in [4.69, 9.17) is 4.98 Å². The van der Waals surface area contributed by atoms with Crippen molar-refractivity contribution in [2.45, 2.75) is 38.0 Å². The molecular weight excluding hydrogens is 424 g/mol. The van der Waals surface area contributed by atoms with E-state index in [1.807, 2.05) is 16.7 Å². The maximum absolute atomic E-state index is 4.75.